The van der Waals surface area contributed by atoms with Crippen molar-refractivity contribution in [1.29, 1.82) is 0 Å². The van der Waals surface area contributed by atoms with Crippen LogP contribution in [0.25, 0.3) is 0 Å². The third-order valence-electron chi connectivity index (χ3n) is 1.57. The van der Waals surface area contributed by atoms with Crippen LogP contribution in [0.3, 0.4) is 0 Å². The van der Waals surface area contributed by atoms with E-state index < -0.39 is 17.5 Å². The van der Waals surface area contributed by atoms with E-state index in [1.165, 1.54) is 11.4 Å². The van der Waals surface area contributed by atoms with Crippen LogP contribution in [0.15, 0.2) is 11.4 Å². The van der Waals surface area contributed by atoms with Gasteiger partial charge < -0.3 is 0 Å². The van der Waals surface area contributed by atoms with Gasteiger partial charge in [0.1, 0.15) is 5.38 Å². The standard InChI is InChI=1S/C7H3Cl2F5S/c8-3-1-2-15-4(3)5(9)6(10,11)7(12,13)14/h1-2,5H. The van der Waals surface area contributed by atoms with Gasteiger partial charge in [0, 0.05) is 4.88 Å². The highest BCUT2D eigenvalue weighted by Gasteiger charge is 2.63. The third kappa shape index (κ3) is 2.37. The molecule has 0 amide bonds. The summed E-state index contributed by atoms with van der Waals surface area (Å²) in [6.07, 6.45) is -5.69. The lowest BCUT2D eigenvalue weighted by atomic mass is 10.2. The largest absolute Gasteiger partial charge is 0.455 e. The van der Waals surface area contributed by atoms with Crippen LogP contribution in [0.5, 0.6) is 0 Å². The fraction of sp³-hybridized carbons (Fsp3) is 0.429. The van der Waals surface area contributed by atoms with Gasteiger partial charge in [-0.2, -0.15) is 22.0 Å². The minimum atomic E-state index is -5.69. The number of thiophene rings is 1. The molecular weight excluding hydrogens is 282 g/mol. The van der Waals surface area contributed by atoms with Gasteiger partial charge in [0.2, 0.25) is 0 Å². The second-order valence-corrected chi connectivity index (χ2v) is 4.41. The van der Waals surface area contributed by atoms with Gasteiger partial charge in [-0.05, 0) is 11.4 Å². The van der Waals surface area contributed by atoms with Crippen molar-refractivity contribution in [3.8, 4) is 0 Å². The molecule has 0 nitrogen and oxygen atoms in total. The SMILES string of the molecule is FC(F)(F)C(F)(F)C(Cl)c1sccc1Cl. The average Bonchev–Trinajstić information content (AvgIpc) is 2.48. The molecule has 0 bridgehead atoms. The van der Waals surface area contributed by atoms with Crippen molar-refractivity contribution in [2.24, 2.45) is 0 Å². The highest BCUT2D eigenvalue weighted by atomic mass is 35.5. The van der Waals surface area contributed by atoms with Crippen molar-refractivity contribution in [1.82, 2.24) is 0 Å². The number of hydrogen-bond acceptors (Lipinski definition) is 1. The zero-order chi connectivity index (χ0) is 11.9. The molecule has 15 heavy (non-hydrogen) atoms. The van der Waals surface area contributed by atoms with E-state index in [1.807, 2.05) is 0 Å². The van der Waals surface area contributed by atoms with Gasteiger partial charge in [0.15, 0.2) is 0 Å². The number of hydrogen-bond donors (Lipinski definition) is 0. The maximum Gasteiger partial charge on any atom is 0.455 e. The van der Waals surface area contributed by atoms with Crippen LogP contribution in [-0.2, 0) is 0 Å². The number of alkyl halides is 6. The van der Waals surface area contributed by atoms with Crippen molar-refractivity contribution in [3.05, 3.63) is 21.3 Å². The maximum atomic E-state index is 12.8. The van der Waals surface area contributed by atoms with E-state index in [9.17, 15) is 22.0 Å². The van der Waals surface area contributed by atoms with Crippen molar-refractivity contribution in [3.63, 3.8) is 0 Å². The van der Waals surface area contributed by atoms with Crippen LogP contribution in [-0.4, -0.2) is 12.1 Å². The molecule has 8 heteroatoms. The van der Waals surface area contributed by atoms with E-state index in [2.05, 4.69) is 0 Å². The molecule has 0 spiro atoms. The van der Waals surface area contributed by atoms with E-state index in [0.29, 0.717) is 11.3 Å². The molecule has 1 rings (SSSR count). The van der Waals surface area contributed by atoms with Gasteiger partial charge in [-0.15, -0.1) is 22.9 Å². The minimum absolute atomic E-state index is 0.191. The van der Waals surface area contributed by atoms with Gasteiger partial charge in [-0.25, -0.2) is 0 Å². The van der Waals surface area contributed by atoms with Crippen molar-refractivity contribution < 1.29 is 22.0 Å². The molecule has 1 heterocycles. The summed E-state index contributed by atoms with van der Waals surface area (Å²) in [5, 5.41) is -1.40. The van der Waals surface area contributed by atoms with Gasteiger partial charge in [-0.1, -0.05) is 11.6 Å². The van der Waals surface area contributed by atoms with E-state index >= 15 is 0 Å². The lowest BCUT2D eigenvalue weighted by molar-refractivity contribution is -0.283. The van der Waals surface area contributed by atoms with Gasteiger partial charge in [0.05, 0.1) is 5.02 Å². The van der Waals surface area contributed by atoms with E-state index in [-0.39, 0.29) is 9.90 Å². The van der Waals surface area contributed by atoms with Crippen LogP contribution in [0.1, 0.15) is 10.3 Å². The summed E-state index contributed by atoms with van der Waals surface area (Å²) in [6.45, 7) is 0. The number of halogens is 7. The van der Waals surface area contributed by atoms with Gasteiger partial charge >= 0.3 is 12.1 Å². The van der Waals surface area contributed by atoms with Gasteiger partial charge in [0.25, 0.3) is 0 Å². The van der Waals surface area contributed by atoms with Crippen LogP contribution in [0.4, 0.5) is 22.0 Å². The summed E-state index contributed by atoms with van der Waals surface area (Å²) >= 11 is 11.2. The molecule has 1 aromatic rings. The second kappa shape index (κ2) is 4.07. The smallest absolute Gasteiger partial charge is 0.194 e. The Morgan fingerprint density at radius 3 is 2.07 bits per heavy atom. The first-order valence-electron chi connectivity index (χ1n) is 3.49. The molecular formula is C7H3Cl2F5S. The molecule has 86 valence electrons. The van der Waals surface area contributed by atoms with Crippen molar-refractivity contribution >= 4 is 34.5 Å². The average molecular weight is 285 g/mol. The quantitative estimate of drug-likeness (QED) is 0.536. The third-order valence-corrected chi connectivity index (χ3v) is 3.62. The lowest BCUT2D eigenvalue weighted by Gasteiger charge is -2.23. The predicted molar refractivity (Wildman–Crippen MR) is 48.9 cm³/mol. The van der Waals surface area contributed by atoms with Gasteiger partial charge in [-0.3, -0.25) is 0 Å². The molecule has 1 unspecified atom stereocenters. The fourth-order valence-corrected chi connectivity index (χ4v) is 2.43. The van der Waals surface area contributed by atoms with E-state index in [4.69, 9.17) is 23.2 Å². The summed E-state index contributed by atoms with van der Waals surface area (Å²) in [4.78, 5) is -0.388. The zero-order valence-corrected chi connectivity index (χ0v) is 9.11. The molecule has 0 aliphatic rings. The lowest BCUT2D eigenvalue weighted by Crippen LogP contribution is -2.39. The first-order valence-corrected chi connectivity index (χ1v) is 5.19. The molecule has 0 N–H and O–H groups in total. The summed E-state index contributed by atoms with van der Waals surface area (Å²) < 4.78 is 61.3. The monoisotopic (exact) mass is 284 g/mol. The second-order valence-electron chi connectivity index (χ2n) is 2.62. The summed E-state index contributed by atoms with van der Waals surface area (Å²) in [6, 6.07) is 1.21. The Bertz CT molecular complexity index is 345. The first kappa shape index (κ1) is 13.0. The molecule has 0 aliphatic carbocycles. The first-order chi connectivity index (χ1) is 6.68. The van der Waals surface area contributed by atoms with Crippen molar-refractivity contribution in [2.75, 3.05) is 0 Å². The van der Waals surface area contributed by atoms with Crippen molar-refractivity contribution in [2.45, 2.75) is 17.5 Å². The number of rotatable bonds is 2. The molecule has 0 saturated heterocycles. The Balaban J connectivity index is 3.05. The fourth-order valence-electron chi connectivity index (χ4n) is 0.795. The molecule has 0 aliphatic heterocycles. The topological polar surface area (TPSA) is 0 Å². The summed E-state index contributed by atoms with van der Waals surface area (Å²) in [5.41, 5.74) is 0. The van der Waals surface area contributed by atoms with E-state index in [1.54, 1.807) is 0 Å². The molecule has 0 radical (unpaired) electrons. The Morgan fingerprint density at radius 2 is 1.73 bits per heavy atom. The normalized spacial score (nSPS) is 15.4. The predicted octanol–water partition coefficient (Wildman–Crippen LogP) is 4.88. The molecule has 0 fully saturated rings. The van der Waals surface area contributed by atoms with Crippen LogP contribution < -0.4 is 0 Å². The maximum absolute atomic E-state index is 12.8. The summed E-state index contributed by atoms with van der Waals surface area (Å²) in [5.74, 6) is -5.00. The van der Waals surface area contributed by atoms with Crippen LogP contribution in [0.2, 0.25) is 5.02 Å². The molecule has 0 aromatic carbocycles. The van der Waals surface area contributed by atoms with E-state index in [0.717, 1.165) is 0 Å². The highest BCUT2D eigenvalue weighted by Crippen LogP contribution is 2.50. The molecule has 0 saturated carbocycles. The van der Waals surface area contributed by atoms with Crippen LogP contribution in [0, 0.1) is 0 Å². The molecule has 1 aromatic heterocycles. The Hall–Kier alpha value is -0.0700. The summed E-state index contributed by atoms with van der Waals surface area (Å²) in [7, 11) is 0. The Morgan fingerprint density at radius 1 is 1.20 bits per heavy atom. The minimum Gasteiger partial charge on any atom is -0.194 e. The Labute approximate surface area is 95.6 Å². The molecule has 1 atom stereocenters. The Kier molecular flexibility index (Phi) is 3.52. The highest BCUT2D eigenvalue weighted by molar-refractivity contribution is 7.11. The zero-order valence-electron chi connectivity index (χ0n) is 6.79. The van der Waals surface area contributed by atoms with Crippen LogP contribution >= 0.6 is 34.5 Å².